The third kappa shape index (κ3) is 3.81. The molecule has 66 valence electrons. The fourth-order valence-corrected chi connectivity index (χ4v) is 0.916. The fraction of sp³-hybridized carbons (Fsp3) is 0. The molecule has 0 saturated heterocycles. The van der Waals surface area contributed by atoms with Crippen LogP contribution in [0.2, 0.25) is 5.02 Å². The first-order valence-corrected chi connectivity index (χ1v) is 3.47. The van der Waals surface area contributed by atoms with Crippen molar-refractivity contribution in [2.75, 3.05) is 0 Å². The van der Waals surface area contributed by atoms with Crippen LogP contribution >= 0.6 is 11.6 Å². The molecular weight excluding hydrogens is 230 g/mol. The molecule has 0 bridgehead atoms. The topological polar surface area (TPSA) is 20.2 Å². The van der Waals surface area contributed by atoms with Crippen LogP contribution in [-0.2, 0) is 0 Å². The van der Waals surface area contributed by atoms with Gasteiger partial charge in [0.25, 0.3) is 0 Å². The minimum Gasteiger partial charge on any atom is -0.506 e. The van der Waals surface area contributed by atoms with E-state index < -0.39 is 12.4 Å². The van der Waals surface area contributed by atoms with E-state index in [0.717, 1.165) is 12.1 Å². The van der Waals surface area contributed by atoms with E-state index in [-0.39, 0.29) is 62.2 Å². The standard InChI is InChI=1S/C6H4BClF3O.K/c8-5-3-4(7(9,10)11)1-2-6(5)12;/h1-3,12H;/q-1;+1. The van der Waals surface area contributed by atoms with Crippen molar-refractivity contribution >= 4 is 24.0 Å². The summed E-state index contributed by atoms with van der Waals surface area (Å²) in [5.41, 5.74) is -0.808. The van der Waals surface area contributed by atoms with E-state index in [2.05, 4.69) is 0 Å². The number of benzene rings is 1. The monoisotopic (exact) mass is 234 g/mol. The van der Waals surface area contributed by atoms with Crippen LogP contribution in [0.25, 0.3) is 0 Å². The summed E-state index contributed by atoms with van der Waals surface area (Å²) in [4.78, 5) is 0. The Balaban J connectivity index is 0.00000144. The smallest absolute Gasteiger partial charge is 0.506 e. The van der Waals surface area contributed by atoms with Crippen molar-refractivity contribution in [3.63, 3.8) is 0 Å². The molecule has 13 heavy (non-hydrogen) atoms. The Bertz CT molecular complexity index is 304. The molecule has 7 heteroatoms. The maximum atomic E-state index is 12.0. The Labute approximate surface area is 121 Å². The third-order valence-corrected chi connectivity index (χ3v) is 1.65. The van der Waals surface area contributed by atoms with Crippen LogP contribution in [0.5, 0.6) is 5.75 Å². The molecule has 0 atom stereocenters. The summed E-state index contributed by atoms with van der Waals surface area (Å²) in [6, 6.07) is 2.42. The summed E-state index contributed by atoms with van der Waals surface area (Å²) in [5.74, 6) is -0.347. The average molecular weight is 234 g/mol. The summed E-state index contributed by atoms with van der Waals surface area (Å²) < 4.78 is 36.1. The Hall–Kier alpha value is 0.801. The number of phenolic OH excluding ortho intramolecular Hbond substituents is 1. The number of hydrogen-bond acceptors (Lipinski definition) is 1. The second kappa shape index (κ2) is 5.04. The second-order valence-electron chi connectivity index (χ2n) is 2.29. The molecule has 0 radical (unpaired) electrons. The first-order valence-electron chi connectivity index (χ1n) is 3.09. The molecule has 0 saturated carbocycles. The molecule has 1 N–H and O–H groups in total. The zero-order valence-electron chi connectivity index (χ0n) is 6.77. The van der Waals surface area contributed by atoms with Gasteiger partial charge in [-0.05, 0) is 6.07 Å². The Kier molecular flexibility index (Phi) is 5.35. The Morgan fingerprint density at radius 2 is 1.77 bits per heavy atom. The Morgan fingerprint density at radius 1 is 1.23 bits per heavy atom. The largest absolute Gasteiger partial charge is 1.00 e. The van der Waals surface area contributed by atoms with Gasteiger partial charge in [0.1, 0.15) is 5.75 Å². The minimum atomic E-state index is -5.03. The van der Waals surface area contributed by atoms with Gasteiger partial charge in [0.05, 0.1) is 5.02 Å². The van der Waals surface area contributed by atoms with Crippen molar-refractivity contribution in [1.82, 2.24) is 0 Å². The van der Waals surface area contributed by atoms with Crippen molar-refractivity contribution in [3.8, 4) is 5.75 Å². The molecular formula is C6H4BClF3KO. The second-order valence-corrected chi connectivity index (χ2v) is 2.69. The number of hydrogen-bond donors (Lipinski definition) is 1. The summed E-state index contributed by atoms with van der Waals surface area (Å²) >= 11 is 5.28. The first-order chi connectivity index (χ1) is 5.41. The van der Waals surface area contributed by atoms with E-state index in [1.165, 1.54) is 0 Å². The van der Waals surface area contributed by atoms with Gasteiger partial charge in [-0.2, -0.15) is 0 Å². The quantitative estimate of drug-likeness (QED) is 0.625. The fourth-order valence-electron chi connectivity index (χ4n) is 0.727. The van der Waals surface area contributed by atoms with E-state index in [0.29, 0.717) is 6.07 Å². The summed E-state index contributed by atoms with van der Waals surface area (Å²) in [6.07, 6.45) is 0. The average Bonchev–Trinajstić information content (AvgIpc) is 1.92. The summed E-state index contributed by atoms with van der Waals surface area (Å²) in [5, 5.41) is 8.53. The number of phenols is 1. The normalized spacial score (nSPS) is 10.8. The van der Waals surface area contributed by atoms with Gasteiger partial charge in [0.2, 0.25) is 0 Å². The number of rotatable bonds is 1. The molecule has 0 amide bonds. The van der Waals surface area contributed by atoms with Gasteiger partial charge in [-0.25, -0.2) is 0 Å². The molecule has 0 aliphatic rings. The molecule has 0 aromatic heterocycles. The van der Waals surface area contributed by atoms with Gasteiger partial charge < -0.3 is 18.1 Å². The summed E-state index contributed by atoms with van der Waals surface area (Å²) in [6.45, 7) is -5.03. The van der Waals surface area contributed by atoms with Gasteiger partial charge in [-0.15, -0.1) is 5.46 Å². The van der Waals surface area contributed by atoms with Gasteiger partial charge in [-0.1, -0.05) is 23.7 Å². The molecule has 0 heterocycles. The van der Waals surface area contributed by atoms with E-state index in [4.69, 9.17) is 16.7 Å². The van der Waals surface area contributed by atoms with Crippen molar-refractivity contribution < 1.29 is 69.4 Å². The maximum Gasteiger partial charge on any atom is 1.00 e. The molecule has 1 aromatic rings. The number of halogens is 4. The van der Waals surface area contributed by atoms with Gasteiger partial charge in [0, 0.05) is 0 Å². The van der Waals surface area contributed by atoms with Crippen LogP contribution in [0.4, 0.5) is 12.9 Å². The first kappa shape index (κ1) is 13.8. The third-order valence-electron chi connectivity index (χ3n) is 1.35. The van der Waals surface area contributed by atoms with E-state index in [1.54, 1.807) is 0 Å². The summed E-state index contributed by atoms with van der Waals surface area (Å²) in [7, 11) is 0. The zero-order chi connectivity index (χ0) is 9.35. The molecule has 1 nitrogen and oxygen atoms in total. The predicted octanol–water partition coefficient (Wildman–Crippen LogP) is -0.896. The van der Waals surface area contributed by atoms with Crippen LogP contribution in [0.15, 0.2) is 18.2 Å². The van der Waals surface area contributed by atoms with Crippen LogP contribution < -0.4 is 56.8 Å². The maximum absolute atomic E-state index is 12.0. The van der Waals surface area contributed by atoms with Crippen molar-refractivity contribution in [2.45, 2.75) is 0 Å². The molecule has 0 unspecified atom stereocenters. The minimum absolute atomic E-state index is 0. The van der Waals surface area contributed by atoms with Crippen LogP contribution in [-0.4, -0.2) is 12.1 Å². The molecule has 0 aliphatic heterocycles. The molecule has 1 aromatic carbocycles. The molecule has 1 rings (SSSR count). The SMILES string of the molecule is Oc1ccc([B-](F)(F)F)cc1Cl.[K+]. The van der Waals surface area contributed by atoms with Gasteiger partial charge in [0.15, 0.2) is 0 Å². The molecule has 0 spiro atoms. The predicted molar refractivity (Wildman–Crippen MR) is 41.8 cm³/mol. The van der Waals surface area contributed by atoms with E-state index >= 15 is 0 Å². The van der Waals surface area contributed by atoms with E-state index in [1.807, 2.05) is 0 Å². The Morgan fingerprint density at radius 3 is 2.15 bits per heavy atom. The zero-order valence-corrected chi connectivity index (χ0v) is 10.6. The number of aromatic hydroxyl groups is 1. The van der Waals surface area contributed by atoms with E-state index in [9.17, 15) is 12.9 Å². The van der Waals surface area contributed by atoms with Crippen LogP contribution in [0, 0.1) is 0 Å². The van der Waals surface area contributed by atoms with Crippen molar-refractivity contribution in [2.24, 2.45) is 0 Å². The van der Waals surface area contributed by atoms with Crippen molar-refractivity contribution in [3.05, 3.63) is 23.2 Å². The molecule has 0 fully saturated rings. The van der Waals surface area contributed by atoms with Gasteiger partial charge >= 0.3 is 58.4 Å². The van der Waals surface area contributed by atoms with Crippen molar-refractivity contribution in [1.29, 1.82) is 0 Å². The van der Waals surface area contributed by atoms with Crippen LogP contribution in [0.3, 0.4) is 0 Å². The van der Waals surface area contributed by atoms with Crippen LogP contribution in [0.1, 0.15) is 0 Å². The molecule has 0 aliphatic carbocycles. The van der Waals surface area contributed by atoms with Gasteiger partial charge in [-0.3, -0.25) is 0 Å².